The van der Waals surface area contributed by atoms with Crippen LogP contribution in [0.4, 0.5) is 4.79 Å². The van der Waals surface area contributed by atoms with Crippen LogP contribution in [0.1, 0.15) is 22.1 Å². The second-order valence-corrected chi connectivity index (χ2v) is 6.71. The monoisotopic (exact) mass is 307 g/mol. The van der Waals surface area contributed by atoms with Gasteiger partial charge in [-0.1, -0.05) is 0 Å². The lowest BCUT2D eigenvalue weighted by molar-refractivity contribution is -0.126. The highest BCUT2D eigenvalue weighted by Crippen LogP contribution is 2.49. The van der Waals surface area contributed by atoms with Gasteiger partial charge in [0.15, 0.2) is 0 Å². The Morgan fingerprint density at radius 2 is 2.29 bits per heavy atom. The molecule has 3 rings (SSSR count). The SMILES string of the molecule is Cc1ccc(C2CC2C(=O)NCCN2C(=O)CNC2=O)s1. The number of aryl methyl sites for hydroxylation is 1. The fourth-order valence-electron chi connectivity index (χ4n) is 2.56. The van der Waals surface area contributed by atoms with Crippen LogP contribution in [-0.2, 0) is 9.59 Å². The van der Waals surface area contributed by atoms with Gasteiger partial charge < -0.3 is 10.6 Å². The van der Waals surface area contributed by atoms with Crippen molar-refractivity contribution in [3.8, 4) is 0 Å². The summed E-state index contributed by atoms with van der Waals surface area (Å²) in [6, 6.07) is 3.78. The Morgan fingerprint density at radius 1 is 1.48 bits per heavy atom. The van der Waals surface area contributed by atoms with E-state index in [-0.39, 0.29) is 36.9 Å². The van der Waals surface area contributed by atoms with E-state index in [1.54, 1.807) is 11.3 Å². The number of carbonyl (C=O) groups is 3. The first-order valence-electron chi connectivity index (χ1n) is 6.98. The van der Waals surface area contributed by atoms with E-state index >= 15 is 0 Å². The zero-order chi connectivity index (χ0) is 15.0. The van der Waals surface area contributed by atoms with E-state index in [4.69, 9.17) is 0 Å². The molecular formula is C14H17N3O3S. The minimum atomic E-state index is -0.382. The zero-order valence-electron chi connectivity index (χ0n) is 11.7. The second kappa shape index (κ2) is 5.48. The molecule has 1 saturated heterocycles. The van der Waals surface area contributed by atoms with E-state index in [1.807, 2.05) is 0 Å². The largest absolute Gasteiger partial charge is 0.354 e. The number of imide groups is 1. The summed E-state index contributed by atoms with van der Waals surface area (Å²) in [4.78, 5) is 38.4. The molecule has 0 bridgehead atoms. The summed E-state index contributed by atoms with van der Waals surface area (Å²) in [7, 11) is 0. The van der Waals surface area contributed by atoms with Crippen molar-refractivity contribution in [2.45, 2.75) is 19.3 Å². The van der Waals surface area contributed by atoms with Crippen LogP contribution in [0.25, 0.3) is 0 Å². The fraction of sp³-hybridized carbons (Fsp3) is 0.500. The predicted octanol–water partition coefficient (Wildman–Crippen LogP) is 0.828. The van der Waals surface area contributed by atoms with E-state index in [0.717, 1.165) is 11.3 Å². The summed E-state index contributed by atoms with van der Waals surface area (Å²) >= 11 is 1.74. The number of hydrogen-bond donors (Lipinski definition) is 2. The van der Waals surface area contributed by atoms with E-state index in [9.17, 15) is 14.4 Å². The molecule has 112 valence electrons. The maximum Gasteiger partial charge on any atom is 0.324 e. The van der Waals surface area contributed by atoms with Crippen LogP contribution in [0, 0.1) is 12.8 Å². The van der Waals surface area contributed by atoms with Crippen molar-refractivity contribution in [3.63, 3.8) is 0 Å². The minimum absolute atomic E-state index is 0.0121. The molecule has 2 N–H and O–H groups in total. The first-order valence-corrected chi connectivity index (χ1v) is 7.80. The highest BCUT2D eigenvalue weighted by molar-refractivity contribution is 7.12. The number of nitrogens with zero attached hydrogens (tertiary/aromatic N) is 1. The molecule has 2 aliphatic rings. The highest BCUT2D eigenvalue weighted by Gasteiger charge is 2.44. The first kappa shape index (κ1) is 14.1. The van der Waals surface area contributed by atoms with Crippen molar-refractivity contribution in [1.82, 2.24) is 15.5 Å². The average molecular weight is 307 g/mol. The van der Waals surface area contributed by atoms with E-state index in [0.29, 0.717) is 12.5 Å². The molecule has 1 aromatic rings. The quantitative estimate of drug-likeness (QED) is 0.791. The van der Waals surface area contributed by atoms with Gasteiger partial charge in [0.25, 0.3) is 0 Å². The summed E-state index contributed by atoms with van der Waals surface area (Å²) in [5, 5.41) is 5.26. The Labute approximate surface area is 126 Å². The van der Waals surface area contributed by atoms with Crippen LogP contribution in [0.5, 0.6) is 0 Å². The summed E-state index contributed by atoms with van der Waals surface area (Å²) in [6.07, 6.45) is 0.884. The van der Waals surface area contributed by atoms with Gasteiger partial charge in [-0.25, -0.2) is 4.79 Å². The van der Waals surface area contributed by atoms with Crippen molar-refractivity contribution in [2.24, 2.45) is 5.92 Å². The molecule has 1 aliphatic carbocycles. The Hall–Kier alpha value is -1.89. The topological polar surface area (TPSA) is 78.5 Å². The number of thiophene rings is 1. The smallest absolute Gasteiger partial charge is 0.324 e. The minimum Gasteiger partial charge on any atom is -0.354 e. The average Bonchev–Trinajstić information content (AvgIpc) is 3.05. The Kier molecular flexibility index (Phi) is 3.67. The van der Waals surface area contributed by atoms with Crippen molar-refractivity contribution in [1.29, 1.82) is 0 Å². The van der Waals surface area contributed by atoms with Gasteiger partial charge in [0.05, 0.1) is 6.54 Å². The summed E-state index contributed by atoms with van der Waals surface area (Å²) < 4.78 is 0. The molecule has 21 heavy (non-hydrogen) atoms. The van der Waals surface area contributed by atoms with Crippen LogP contribution in [0.15, 0.2) is 12.1 Å². The highest BCUT2D eigenvalue weighted by atomic mass is 32.1. The number of nitrogens with one attached hydrogen (secondary N) is 2. The van der Waals surface area contributed by atoms with E-state index < -0.39 is 0 Å². The van der Waals surface area contributed by atoms with Crippen molar-refractivity contribution < 1.29 is 14.4 Å². The maximum absolute atomic E-state index is 12.0. The van der Waals surface area contributed by atoms with Crippen LogP contribution in [0.3, 0.4) is 0 Å². The Morgan fingerprint density at radius 3 is 2.90 bits per heavy atom. The lowest BCUT2D eigenvalue weighted by atomic mass is 10.2. The molecule has 6 nitrogen and oxygen atoms in total. The zero-order valence-corrected chi connectivity index (χ0v) is 12.5. The standard InChI is InChI=1S/C14H17N3O3S/c1-8-2-3-11(21-8)9-6-10(9)13(19)15-4-5-17-12(18)7-16-14(17)20/h2-3,9-10H,4-7H2,1H3,(H,15,19)(H,16,20). The van der Waals surface area contributed by atoms with Gasteiger partial charge in [0.1, 0.15) is 0 Å². The van der Waals surface area contributed by atoms with E-state index in [2.05, 4.69) is 29.7 Å². The van der Waals surface area contributed by atoms with Gasteiger partial charge in [0, 0.05) is 34.7 Å². The summed E-state index contributed by atoms with van der Waals surface area (Å²) in [5.74, 6) is 0.136. The summed E-state index contributed by atoms with van der Waals surface area (Å²) in [5.41, 5.74) is 0. The van der Waals surface area contributed by atoms with Gasteiger partial charge >= 0.3 is 6.03 Å². The third-order valence-corrected chi connectivity index (χ3v) is 4.96. The normalized spacial score (nSPS) is 24.1. The molecule has 1 aromatic heterocycles. The van der Waals surface area contributed by atoms with Gasteiger partial charge in [-0.3, -0.25) is 14.5 Å². The number of rotatable bonds is 5. The number of hydrogen-bond acceptors (Lipinski definition) is 4. The van der Waals surface area contributed by atoms with Crippen LogP contribution >= 0.6 is 11.3 Å². The fourth-order valence-corrected chi connectivity index (χ4v) is 3.61. The third kappa shape index (κ3) is 2.92. The predicted molar refractivity (Wildman–Crippen MR) is 78.0 cm³/mol. The van der Waals surface area contributed by atoms with Crippen molar-refractivity contribution >= 4 is 29.2 Å². The molecule has 0 radical (unpaired) electrons. The third-order valence-electron chi connectivity index (χ3n) is 3.83. The molecule has 0 aromatic carbocycles. The molecule has 1 saturated carbocycles. The van der Waals surface area contributed by atoms with Gasteiger partial charge in [-0.2, -0.15) is 0 Å². The molecule has 0 spiro atoms. The van der Waals surface area contributed by atoms with Crippen molar-refractivity contribution in [2.75, 3.05) is 19.6 Å². The molecule has 2 unspecified atom stereocenters. The Balaban J connectivity index is 1.44. The van der Waals surface area contributed by atoms with E-state index in [1.165, 1.54) is 9.75 Å². The van der Waals surface area contributed by atoms with Gasteiger partial charge in [0.2, 0.25) is 11.8 Å². The molecule has 2 heterocycles. The lowest BCUT2D eigenvalue weighted by Crippen LogP contribution is -2.39. The van der Waals surface area contributed by atoms with Crippen LogP contribution in [-0.4, -0.2) is 42.4 Å². The van der Waals surface area contributed by atoms with Crippen LogP contribution in [0.2, 0.25) is 0 Å². The molecule has 4 amide bonds. The number of urea groups is 1. The maximum atomic E-state index is 12.0. The first-order chi connectivity index (χ1) is 10.1. The molecule has 2 atom stereocenters. The number of amides is 4. The second-order valence-electron chi connectivity index (χ2n) is 5.39. The molecule has 7 heteroatoms. The lowest BCUT2D eigenvalue weighted by Gasteiger charge is -2.12. The molecule has 1 aliphatic heterocycles. The van der Waals surface area contributed by atoms with Crippen molar-refractivity contribution in [3.05, 3.63) is 21.9 Å². The summed E-state index contributed by atoms with van der Waals surface area (Å²) in [6.45, 7) is 2.65. The Bertz CT molecular complexity index is 582. The number of carbonyl (C=O) groups excluding carboxylic acids is 3. The van der Waals surface area contributed by atoms with Gasteiger partial charge in [-0.05, 0) is 25.5 Å². The molecular weight excluding hydrogens is 290 g/mol. The van der Waals surface area contributed by atoms with Crippen LogP contribution < -0.4 is 10.6 Å². The van der Waals surface area contributed by atoms with Gasteiger partial charge in [-0.15, -0.1) is 11.3 Å². The molecule has 2 fully saturated rings.